The van der Waals surface area contributed by atoms with E-state index < -0.39 is 12.0 Å². The fraction of sp³-hybridized carbons (Fsp3) is 0.857. The van der Waals surface area contributed by atoms with Crippen LogP contribution in [0.4, 0.5) is 0 Å². The molecule has 0 radical (unpaired) electrons. The second-order valence-corrected chi connectivity index (χ2v) is 2.50. The Labute approximate surface area is 101 Å². The number of carboxylic acids is 1. The van der Waals surface area contributed by atoms with Gasteiger partial charge < -0.3 is 16.7 Å². The molecule has 0 saturated carbocycles. The van der Waals surface area contributed by atoms with E-state index in [0.29, 0.717) is 0 Å². The zero-order chi connectivity index (χ0) is 9.56. The molecule has 0 rings (SSSR count). The monoisotopic (exact) mass is 201 g/mol. The second-order valence-electron chi connectivity index (χ2n) is 2.50. The van der Waals surface area contributed by atoms with E-state index in [1.807, 2.05) is 0 Å². The number of hydrogen-bond acceptors (Lipinski definition) is 4. The fourth-order valence-electron chi connectivity index (χ4n) is 0.912. The summed E-state index contributed by atoms with van der Waals surface area (Å²) in [7, 11) is 0. The van der Waals surface area contributed by atoms with Crippen molar-refractivity contribution in [3.63, 3.8) is 0 Å². The van der Waals surface area contributed by atoms with Gasteiger partial charge in [0.15, 0.2) is 0 Å². The number of aliphatic hydroxyl groups is 2. The molecular formula is C7H16NNaO4. The molecule has 6 heteroatoms. The first-order valence-corrected chi connectivity index (χ1v) is 3.82. The molecule has 13 heavy (non-hydrogen) atoms. The Balaban J connectivity index is -0.000000605. The summed E-state index contributed by atoms with van der Waals surface area (Å²) in [5.74, 6) is -0.947. The Hall–Kier alpha value is 0.350. The first-order chi connectivity index (χ1) is 5.63. The van der Waals surface area contributed by atoms with Crippen molar-refractivity contribution in [1.29, 1.82) is 0 Å². The van der Waals surface area contributed by atoms with E-state index in [9.17, 15) is 4.79 Å². The SMILES string of the molecule is C[C@@H](C(=O)O)N(CCO)CCO.[H-].[Na+]. The van der Waals surface area contributed by atoms with E-state index in [1.54, 1.807) is 0 Å². The van der Waals surface area contributed by atoms with Gasteiger partial charge in [0.25, 0.3) is 0 Å². The molecule has 0 aromatic rings. The van der Waals surface area contributed by atoms with Crippen LogP contribution in [0, 0.1) is 0 Å². The van der Waals surface area contributed by atoms with E-state index in [4.69, 9.17) is 15.3 Å². The van der Waals surface area contributed by atoms with E-state index in [2.05, 4.69) is 0 Å². The van der Waals surface area contributed by atoms with Crippen LogP contribution in [0.2, 0.25) is 0 Å². The van der Waals surface area contributed by atoms with Gasteiger partial charge in [0, 0.05) is 13.1 Å². The molecule has 0 unspecified atom stereocenters. The average molecular weight is 201 g/mol. The minimum absolute atomic E-state index is 0. The quantitative estimate of drug-likeness (QED) is 0.380. The summed E-state index contributed by atoms with van der Waals surface area (Å²) in [4.78, 5) is 12.0. The number of hydrogen-bond donors (Lipinski definition) is 3. The summed E-state index contributed by atoms with van der Waals surface area (Å²) < 4.78 is 0. The van der Waals surface area contributed by atoms with Crippen LogP contribution in [0.25, 0.3) is 0 Å². The normalized spacial score (nSPS) is 12.3. The number of carboxylic acid groups (broad SMARTS) is 1. The van der Waals surface area contributed by atoms with Gasteiger partial charge in [-0.15, -0.1) is 0 Å². The molecule has 0 bridgehead atoms. The molecule has 0 aliphatic heterocycles. The van der Waals surface area contributed by atoms with Gasteiger partial charge in [-0.2, -0.15) is 0 Å². The fourth-order valence-corrected chi connectivity index (χ4v) is 0.912. The van der Waals surface area contributed by atoms with Crippen LogP contribution in [0.1, 0.15) is 8.35 Å². The number of rotatable bonds is 6. The summed E-state index contributed by atoms with van der Waals surface area (Å²) in [6.45, 7) is 1.87. The Morgan fingerprint density at radius 3 is 2.00 bits per heavy atom. The summed E-state index contributed by atoms with van der Waals surface area (Å²) >= 11 is 0. The molecule has 0 aromatic heterocycles. The second kappa shape index (κ2) is 8.93. The molecule has 5 nitrogen and oxygen atoms in total. The molecule has 0 aliphatic rings. The largest absolute Gasteiger partial charge is 1.00 e. The van der Waals surface area contributed by atoms with Crippen molar-refractivity contribution in [2.45, 2.75) is 13.0 Å². The van der Waals surface area contributed by atoms with E-state index in [-0.39, 0.29) is 57.3 Å². The average Bonchev–Trinajstić information content (AvgIpc) is 2.03. The predicted octanol–water partition coefficient (Wildman–Crippen LogP) is -4.14. The van der Waals surface area contributed by atoms with E-state index >= 15 is 0 Å². The van der Waals surface area contributed by atoms with Crippen molar-refractivity contribution in [1.82, 2.24) is 4.90 Å². The zero-order valence-corrected chi connectivity index (χ0v) is 10.1. The minimum atomic E-state index is -0.947. The first kappa shape index (κ1) is 15.8. The molecule has 1 atom stereocenters. The molecule has 0 fully saturated rings. The van der Waals surface area contributed by atoms with Crippen molar-refractivity contribution >= 4 is 5.97 Å². The molecule has 0 spiro atoms. The third-order valence-electron chi connectivity index (χ3n) is 1.68. The number of carbonyl (C=O) groups is 1. The number of aliphatic hydroxyl groups excluding tert-OH is 2. The smallest absolute Gasteiger partial charge is 1.00 e. The van der Waals surface area contributed by atoms with Gasteiger partial charge in [-0.05, 0) is 6.92 Å². The molecule has 0 heterocycles. The standard InChI is InChI=1S/C7H15NO4.Na.H/c1-6(7(11)12)8(2-4-9)3-5-10;;/h6,9-10H,2-5H2,1H3,(H,11,12);;/q;+1;-1/t6-;;/m0../s1. The predicted molar refractivity (Wildman–Crippen MR) is 44.0 cm³/mol. The van der Waals surface area contributed by atoms with Gasteiger partial charge >= 0.3 is 35.5 Å². The van der Waals surface area contributed by atoms with Gasteiger partial charge in [-0.25, -0.2) is 0 Å². The van der Waals surface area contributed by atoms with E-state index in [1.165, 1.54) is 11.8 Å². The van der Waals surface area contributed by atoms with Crippen molar-refractivity contribution in [2.24, 2.45) is 0 Å². The van der Waals surface area contributed by atoms with Crippen molar-refractivity contribution in [2.75, 3.05) is 26.3 Å². The molecular weight excluding hydrogens is 185 g/mol. The number of aliphatic carboxylic acids is 1. The van der Waals surface area contributed by atoms with Gasteiger partial charge in [0.1, 0.15) is 6.04 Å². The molecule has 74 valence electrons. The van der Waals surface area contributed by atoms with Gasteiger partial charge in [-0.1, -0.05) is 0 Å². The maximum Gasteiger partial charge on any atom is 1.00 e. The Morgan fingerprint density at radius 2 is 1.77 bits per heavy atom. The third-order valence-corrected chi connectivity index (χ3v) is 1.68. The van der Waals surface area contributed by atoms with Crippen molar-refractivity contribution in [3.8, 4) is 0 Å². The summed E-state index contributed by atoms with van der Waals surface area (Å²) in [6, 6.07) is -0.663. The van der Waals surface area contributed by atoms with Crippen molar-refractivity contribution < 1.29 is 51.1 Å². The van der Waals surface area contributed by atoms with Crippen LogP contribution in [0.15, 0.2) is 0 Å². The van der Waals surface area contributed by atoms with Crippen LogP contribution in [0.3, 0.4) is 0 Å². The first-order valence-electron chi connectivity index (χ1n) is 3.82. The van der Waals surface area contributed by atoms with Gasteiger partial charge in [-0.3, -0.25) is 9.69 Å². The maximum atomic E-state index is 10.5. The topological polar surface area (TPSA) is 81.0 Å². The zero-order valence-electron chi connectivity index (χ0n) is 9.10. The summed E-state index contributed by atoms with van der Waals surface area (Å²) in [5, 5.41) is 25.8. The van der Waals surface area contributed by atoms with Crippen LogP contribution >= 0.6 is 0 Å². The Kier molecular flexibility index (Phi) is 10.9. The summed E-state index contributed by atoms with van der Waals surface area (Å²) in [5.41, 5.74) is 0. The van der Waals surface area contributed by atoms with Crippen molar-refractivity contribution in [3.05, 3.63) is 0 Å². The minimum Gasteiger partial charge on any atom is -1.00 e. The van der Waals surface area contributed by atoms with Gasteiger partial charge in [0.05, 0.1) is 13.2 Å². The Morgan fingerprint density at radius 1 is 1.38 bits per heavy atom. The van der Waals surface area contributed by atoms with Crippen LogP contribution < -0.4 is 29.6 Å². The Bertz CT molecular complexity index is 144. The van der Waals surface area contributed by atoms with Crippen LogP contribution in [0.5, 0.6) is 0 Å². The molecule has 0 amide bonds. The maximum absolute atomic E-state index is 10.5. The van der Waals surface area contributed by atoms with E-state index in [0.717, 1.165) is 0 Å². The molecule has 0 aromatic carbocycles. The van der Waals surface area contributed by atoms with Gasteiger partial charge in [0.2, 0.25) is 0 Å². The summed E-state index contributed by atoms with van der Waals surface area (Å²) in [6.07, 6.45) is 0. The molecule has 3 N–H and O–H groups in total. The molecule has 0 saturated heterocycles. The number of nitrogens with zero attached hydrogens (tertiary/aromatic N) is 1. The van der Waals surface area contributed by atoms with Crippen LogP contribution in [-0.2, 0) is 4.79 Å². The molecule has 0 aliphatic carbocycles. The van der Waals surface area contributed by atoms with Crippen LogP contribution in [-0.4, -0.2) is 58.5 Å². The third kappa shape index (κ3) is 6.42.